The number of amides is 2. The standard InChI is InChI=1S/C19H30N2O4/c1-5-6-12-16(21-18(23)25-19(2,3)4)13-20-17(22)24-14-15-10-8-7-9-11-15/h7-11,16H,5-6,12-14H2,1-4H3,(H,20,22)(H,21,23)/t16-/m1/s1. The van der Waals surface area contributed by atoms with Gasteiger partial charge in [0.2, 0.25) is 0 Å². The Hall–Kier alpha value is -2.24. The summed E-state index contributed by atoms with van der Waals surface area (Å²) in [5.41, 5.74) is 0.369. The van der Waals surface area contributed by atoms with E-state index in [1.54, 1.807) is 0 Å². The highest BCUT2D eigenvalue weighted by Crippen LogP contribution is 2.08. The molecule has 6 heteroatoms. The number of carbonyl (C=O) groups is 2. The predicted octanol–water partition coefficient (Wildman–Crippen LogP) is 4.00. The fourth-order valence-corrected chi connectivity index (χ4v) is 2.13. The van der Waals surface area contributed by atoms with Gasteiger partial charge < -0.3 is 20.1 Å². The Labute approximate surface area is 150 Å². The maximum Gasteiger partial charge on any atom is 0.407 e. The molecule has 0 spiro atoms. The number of unbranched alkanes of at least 4 members (excludes halogenated alkanes) is 1. The van der Waals surface area contributed by atoms with E-state index in [1.807, 2.05) is 51.1 Å². The van der Waals surface area contributed by atoms with Gasteiger partial charge in [0, 0.05) is 12.6 Å². The predicted molar refractivity (Wildman–Crippen MR) is 97.3 cm³/mol. The molecule has 1 aromatic carbocycles. The molecular weight excluding hydrogens is 320 g/mol. The monoisotopic (exact) mass is 350 g/mol. The second-order valence-electron chi connectivity index (χ2n) is 6.93. The molecule has 1 aromatic rings. The van der Waals surface area contributed by atoms with Crippen molar-refractivity contribution in [3.8, 4) is 0 Å². The Morgan fingerprint density at radius 3 is 2.40 bits per heavy atom. The Balaban J connectivity index is 2.40. The highest BCUT2D eigenvalue weighted by molar-refractivity contribution is 5.69. The van der Waals surface area contributed by atoms with Gasteiger partial charge in [0.05, 0.1) is 0 Å². The Morgan fingerprint density at radius 1 is 1.12 bits per heavy atom. The van der Waals surface area contributed by atoms with E-state index < -0.39 is 17.8 Å². The van der Waals surface area contributed by atoms with E-state index in [0.717, 1.165) is 24.8 Å². The van der Waals surface area contributed by atoms with Gasteiger partial charge in [0.1, 0.15) is 12.2 Å². The third kappa shape index (κ3) is 10.3. The van der Waals surface area contributed by atoms with E-state index >= 15 is 0 Å². The molecule has 0 saturated heterocycles. The second-order valence-corrected chi connectivity index (χ2v) is 6.93. The molecule has 0 aromatic heterocycles. The number of hydrogen-bond acceptors (Lipinski definition) is 4. The van der Waals surface area contributed by atoms with Crippen LogP contribution in [0.25, 0.3) is 0 Å². The molecule has 140 valence electrons. The molecule has 0 fully saturated rings. The zero-order valence-electron chi connectivity index (χ0n) is 15.6. The Bertz CT molecular complexity index is 526. The van der Waals surface area contributed by atoms with E-state index in [9.17, 15) is 9.59 Å². The third-order valence-electron chi connectivity index (χ3n) is 3.33. The van der Waals surface area contributed by atoms with Crippen molar-refractivity contribution >= 4 is 12.2 Å². The summed E-state index contributed by atoms with van der Waals surface area (Å²) in [7, 11) is 0. The minimum absolute atomic E-state index is 0.195. The second kappa shape index (κ2) is 10.6. The van der Waals surface area contributed by atoms with Crippen molar-refractivity contribution < 1.29 is 19.1 Å². The maximum atomic E-state index is 11.9. The van der Waals surface area contributed by atoms with Gasteiger partial charge in [-0.25, -0.2) is 9.59 Å². The van der Waals surface area contributed by atoms with Crippen LogP contribution in [0, 0.1) is 0 Å². The largest absolute Gasteiger partial charge is 0.445 e. The number of ether oxygens (including phenoxy) is 2. The van der Waals surface area contributed by atoms with Crippen LogP contribution in [0.5, 0.6) is 0 Å². The van der Waals surface area contributed by atoms with Crippen LogP contribution in [0.15, 0.2) is 30.3 Å². The van der Waals surface area contributed by atoms with Gasteiger partial charge in [0.25, 0.3) is 0 Å². The van der Waals surface area contributed by atoms with Crippen LogP contribution in [0.4, 0.5) is 9.59 Å². The first-order valence-corrected chi connectivity index (χ1v) is 8.74. The molecule has 2 amide bonds. The summed E-state index contributed by atoms with van der Waals surface area (Å²) in [5, 5.41) is 5.50. The van der Waals surface area contributed by atoms with Crippen molar-refractivity contribution in [1.29, 1.82) is 0 Å². The molecule has 0 aliphatic carbocycles. The van der Waals surface area contributed by atoms with Crippen LogP contribution in [0.3, 0.4) is 0 Å². The Morgan fingerprint density at radius 2 is 1.80 bits per heavy atom. The van der Waals surface area contributed by atoms with Crippen molar-refractivity contribution in [2.45, 2.75) is 65.2 Å². The zero-order valence-corrected chi connectivity index (χ0v) is 15.6. The summed E-state index contributed by atoms with van der Waals surface area (Å²) in [6, 6.07) is 9.27. The number of carbonyl (C=O) groups excluding carboxylic acids is 2. The fraction of sp³-hybridized carbons (Fsp3) is 0.579. The maximum absolute atomic E-state index is 11.9. The fourth-order valence-electron chi connectivity index (χ4n) is 2.13. The third-order valence-corrected chi connectivity index (χ3v) is 3.33. The van der Waals surface area contributed by atoms with Crippen molar-refractivity contribution in [3.05, 3.63) is 35.9 Å². The lowest BCUT2D eigenvalue weighted by molar-refractivity contribution is 0.0499. The van der Waals surface area contributed by atoms with Gasteiger partial charge >= 0.3 is 12.2 Å². The minimum atomic E-state index is -0.554. The summed E-state index contributed by atoms with van der Waals surface area (Å²) < 4.78 is 10.4. The molecular formula is C19H30N2O4. The van der Waals surface area contributed by atoms with Gasteiger partial charge in [-0.15, -0.1) is 0 Å². The molecule has 1 rings (SSSR count). The Kier molecular flexibility index (Phi) is 8.81. The molecule has 1 atom stereocenters. The first-order valence-electron chi connectivity index (χ1n) is 8.74. The number of rotatable bonds is 8. The van der Waals surface area contributed by atoms with Crippen LogP contribution in [0.2, 0.25) is 0 Å². The number of benzene rings is 1. The normalized spacial score (nSPS) is 12.2. The summed E-state index contributed by atoms with van der Waals surface area (Å²) in [6.07, 6.45) is 1.73. The number of nitrogens with one attached hydrogen (secondary N) is 2. The van der Waals surface area contributed by atoms with Gasteiger partial charge in [0.15, 0.2) is 0 Å². The van der Waals surface area contributed by atoms with E-state index in [1.165, 1.54) is 0 Å². The van der Waals surface area contributed by atoms with E-state index in [2.05, 4.69) is 17.6 Å². The van der Waals surface area contributed by atoms with E-state index in [4.69, 9.17) is 9.47 Å². The van der Waals surface area contributed by atoms with Gasteiger partial charge in [-0.3, -0.25) is 0 Å². The molecule has 0 aliphatic heterocycles. The van der Waals surface area contributed by atoms with E-state index in [0.29, 0.717) is 6.54 Å². The van der Waals surface area contributed by atoms with Gasteiger partial charge in [-0.05, 0) is 32.8 Å². The first kappa shape index (κ1) is 20.8. The molecule has 2 N–H and O–H groups in total. The van der Waals surface area contributed by atoms with Crippen LogP contribution in [0.1, 0.15) is 52.5 Å². The molecule has 0 radical (unpaired) electrons. The lowest BCUT2D eigenvalue weighted by atomic mass is 10.1. The lowest BCUT2D eigenvalue weighted by Gasteiger charge is -2.23. The zero-order chi connectivity index (χ0) is 18.7. The quantitative estimate of drug-likeness (QED) is 0.743. The molecule has 0 aliphatic rings. The highest BCUT2D eigenvalue weighted by atomic mass is 16.6. The summed E-state index contributed by atoms with van der Waals surface area (Å²) in [4.78, 5) is 23.7. The van der Waals surface area contributed by atoms with E-state index in [-0.39, 0.29) is 12.6 Å². The van der Waals surface area contributed by atoms with Crippen LogP contribution in [-0.4, -0.2) is 30.4 Å². The smallest absolute Gasteiger partial charge is 0.407 e. The summed E-state index contributed by atoms with van der Waals surface area (Å²) in [6.45, 7) is 8.03. The summed E-state index contributed by atoms with van der Waals surface area (Å²) >= 11 is 0. The summed E-state index contributed by atoms with van der Waals surface area (Å²) in [5.74, 6) is 0. The first-order chi connectivity index (χ1) is 11.8. The van der Waals surface area contributed by atoms with Crippen molar-refractivity contribution in [1.82, 2.24) is 10.6 Å². The van der Waals surface area contributed by atoms with Crippen LogP contribution in [-0.2, 0) is 16.1 Å². The molecule has 25 heavy (non-hydrogen) atoms. The van der Waals surface area contributed by atoms with Crippen LogP contribution >= 0.6 is 0 Å². The SMILES string of the molecule is CCCC[C@H](CNC(=O)OCc1ccccc1)NC(=O)OC(C)(C)C. The average Bonchev–Trinajstić information content (AvgIpc) is 2.54. The van der Waals surface area contributed by atoms with Gasteiger partial charge in [-0.2, -0.15) is 0 Å². The minimum Gasteiger partial charge on any atom is -0.445 e. The highest BCUT2D eigenvalue weighted by Gasteiger charge is 2.19. The average molecular weight is 350 g/mol. The van der Waals surface area contributed by atoms with Crippen molar-refractivity contribution in [3.63, 3.8) is 0 Å². The molecule has 0 saturated carbocycles. The molecule has 0 heterocycles. The topological polar surface area (TPSA) is 76.7 Å². The molecule has 0 bridgehead atoms. The van der Waals surface area contributed by atoms with Gasteiger partial charge in [-0.1, -0.05) is 50.1 Å². The molecule has 6 nitrogen and oxygen atoms in total. The molecule has 0 unspecified atom stereocenters. The number of hydrogen-bond donors (Lipinski definition) is 2. The number of alkyl carbamates (subject to hydrolysis) is 2. The van der Waals surface area contributed by atoms with Crippen LogP contribution < -0.4 is 10.6 Å². The van der Waals surface area contributed by atoms with Crippen molar-refractivity contribution in [2.24, 2.45) is 0 Å². The van der Waals surface area contributed by atoms with Crippen molar-refractivity contribution in [2.75, 3.05) is 6.54 Å². The lowest BCUT2D eigenvalue weighted by Crippen LogP contribution is -2.45.